The largest absolute Gasteiger partial charge is 0.481 e. The van der Waals surface area contributed by atoms with Gasteiger partial charge in [-0.05, 0) is 92.8 Å². The Morgan fingerprint density at radius 2 is 0.767 bits per heavy atom. The smallest absolute Gasteiger partial charge is 0.306 e. The van der Waals surface area contributed by atoms with Gasteiger partial charge in [-0.2, -0.15) is 0 Å². The van der Waals surface area contributed by atoms with Crippen LogP contribution in [-0.2, 0) is 4.79 Å². The van der Waals surface area contributed by atoms with Crippen LogP contribution in [0.1, 0.15) is 197 Å². The lowest BCUT2D eigenvalue weighted by Gasteiger charge is -2.27. The molecule has 1 unspecified atom stereocenters. The molecule has 0 saturated carbocycles. The summed E-state index contributed by atoms with van der Waals surface area (Å²) < 4.78 is 0. The molecule has 0 rings (SSSR count). The minimum absolute atomic E-state index is 0.137. The standard InChI is InChI=1S/C40H80O3/c1-10-11-12-13-14-15-16-17-18-19-20-21-22-23-39(41)37(8)29-35(6)27-33(4)25-31(2)24-32(3)26-34(5)28-36(7)30-38(9)40(42)43/h31-39,41H,10-30H2,1-9H3,(H,42,43)/t31-,32+,33-,34+,35-,36+,37-,38+,39?/m1/s1. The Balaban J connectivity index is 3.99. The van der Waals surface area contributed by atoms with E-state index in [-0.39, 0.29) is 12.0 Å². The highest BCUT2D eigenvalue weighted by atomic mass is 16.4. The van der Waals surface area contributed by atoms with Gasteiger partial charge in [-0.1, -0.05) is 146 Å². The Hall–Kier alpha value is -0.570. The van der Waals surface area contributed by atoms with Crippen molar-refractivity contribution in [2.45, 2.75) is 203 Å². The first kappa shape index (κ1) is 42.4. The van der Waals surface area contributed by atoms with E-state index < -0.39 is 5.97 Å². The number of aliphatic hydroxyl groups is 1. The van der Waals surface area contributed by atoms with E-state index in [9.17, 15) is 15.0 Å². The van der Waals surface area contributed by atoms with Crippen molar-refractivity contribution in [3.63, 3.8) is 0 Å². The molecule has 0 aromatic rings. The monoisotopic (exact) mass is 609 g/mol. The Bertz CT molecular complexity index is 633. The van der Waals surface area contributed by atoms with Crippen LogP contribution in [0.4, 0.5) is 0 Å². The lowest BCUT2D eigenvalue weighted by molar-refractivity contribution is -0.141. The number of aliphatic carboxylic acids is 1. The van der Waals surface area contributed by atoms with Gasteiger partial charge in [0.1, 0.15) is 0 Å². The molecule has 0 aromatic carbocycles. The highest BCUT2D eigenvalue weighted by Crippen LogP contribution is 2.31. The van der Waals surface area contributed by atoms with Crippen LogP contribution in [-0.4, -0.2) is 22.3 Å². The van der Waals surface area contributed by atoms with Crippen LogP contribution in [0.5, 0.6) is 0 Å². The van der Waals surface area contributed by atoms with E-state index in [1.807, 2.05) is 6.92 Å². The highest BCUT2D eigenvalue weighted by molar-refractivity contribution is 5.69. The fourth-order valence-corrected chi connectivity index (χ4v) is 8.16. The SMILES string of the molecule is CCCCCCCCCCCCCCCC(O)[C@H](C)C[C@H](C)C[C@H](C)C[C@H](C)C[C@H](C)C[C@H](C)C[C@H](C)C[C@H](C)C(=O)O. The first-order valence-electron chi connectivity index (χ1n) is 19.3. The van der Waals surface area contributed by atoms with E-state index in [2.05, 4.69) is 55.4 Å². The summed E-state index contributed by atoms with van der Waals surface area (Å²) in [7, 11) is 0. The quantitative estimate of drug-likeness (QED) is 0.0797. The van der Waals surface area contributed by atoms with Crippen LogP contribution >= 0.6 is 0 Å². The van der Waals surface area contributed by atoms with E-state index in [0.717, 1.165) is 43.4 Å². The average Bonchev–Trinajstić information content (AvgIpc) is 2.90. The molecule has 0 saturated heterocycles. The van der Waals surface area contributed by atoms with E-state index >= 15 is 0 Å². The summed E-state index contributed by atoms with van der Waals surface area (Å²) >= 11 is 0. The molecule has 9 atom stereocenters. The maximum absolute atomic E-state index is 11.2. The van der Waals surface area contributed by atoms with Crippen molar-refractivity contribution in [3.05, 3.63) is 0 Å². The summed E-state index contributed by atoms with van der Waals surface area (Å²) in [6.07, 6.45) is 26.9. The van der Waals surface area contributed by atoms with Gasteiger partial charge >= 0.3 is 5.97 Å². The number of carboxylic acids is 1. The van der Waals surface area contributed by atoms with Gasteiger partial charge in [0.25, 0.3) is 0 Å². The molecule has 258 valence electrons. The minimum Gasteiger partial charge on any atom is -0.481 e. The van der Waals surface area contributed by atoms with Gasteiger partial charge in [0.2, 0.25) is 0 Å². The van der Waals surface area contributed by atoms with Gasteiger partial charge in [0.15, 0.2) is 0 Å². The van der Waals surface area contributed by atoms with Gasteiger partial charge < -0.3 is 10.2 Å². The second-order valence-electron chi connectivity index (χ2n) is 16.1. The molecule has 0 fully saturated rings. The molecule has 0 aliphatic rings. The van der Waals surface area contributed by atoms with Crippen LogP contribution in [0.15, 0.2) is 0 Å². The molecular weight excluding hydrogens is 528 g/mol. The zero-order chi connectivity index (χ0) is 32.6. The first-order valence-corrected chi connectivity index (χ1v) is 19.3. The molecule has 0 amide bonds. The third-order valence-corrected chi connectivity index (χ3v) is 10.2. The van der Waals surface area contributed by atoms with Crippen LogP contribution in [0.3, 0.4) is 0 Å². The first-order chi connectivity index (χ1) is 20.3. The number of unbranched alkanes of at least 4 members (excludes halogenated alkanes) is 12. The molecule has 0 aliphatic carbocycles. The molecule has 0 aliphatic heterocycles. The predicted octanol–water partition coefficient (Wildman–Crippen LogP) is 12.7. The third kappa shape index (κ3) is 25.3. The molecule has 3 heteroatoms. The van der Waals surface area contributed by atoms with Crippen LogP contribution in [0.25, 0.3) is 0 Å². The summed E-state index contributed by atoms with van der Waals surface area (Å²) in [5.41, 5.74) is 0. The zero-order valence-electron chi connectivity index (χ0n) is 30.8. The van der Waals surface area contributed by atoms with Crippen molar-refractivity contribution in [2.24, 2.45) is 47.3 Å². The second kappa shape index (κ2) is 26.6. The maximum Gasteiger partial charge on any atom is 0.306 e. The Labute approximate surface area is 271 Å². The van der Waals surface area contributed by atoms with E-state index in [1.165, 1.54) is 109 Å². The number of rotatable bonds is 30. The number of hydrogen-bond acceptors (Lipinski definition) is 2. The normalized spacial score (nSPS) is 18.4. The maximum atomic E-state index is 11.2. The Morgan fingerprint density at radius 1 is 0.465 bits per heavy atom. The topological polar surface area (TPSA) is 57.5 Å². The van der Waals surface area contributed by atoms with Crippen molar-refractivity contribution in [1.29, 1.82) is 0 Å². The highest BCUT2D eigenvalue weighted by Gasteiger charge is 2.21. The van der Waals surface area contributed by atoms with Gasteiger partial charge in [0, 0.05) is 0 Å². The van der Waals surface area contributed by atoms with Crippen molar-refractivity contribution in [2.75, 3.05) is 0 Å². The third-order valence-electron chi connectivity index (χ3n) is 10.2. The molecule has 2 N–H and O–H groups in total. The van der Waals surface area contributed by atoms with Crippen molar-refractivity contribution in [3.8, 4) is 0 Å². The van der Waals surface area contributed by atoms with Gasteiger partial charge in [-0.25, -0.2) is 0 Å². The van der Waals surface area contributed by atoms with Crippen LogP contribution in [0, 0.1) is 47.3 Å². The van der Waals surface area contributed by atoms with Crippen molar-refractivity contribution in [1.82, 2.24) is 0 Å². The van der Waals surface area contributed by atoms with Crippen molar-refractivity contribution < 1.29 is 15.0 Å². The zero-order valence-corrected chi connectivity index (χ0v) is 30.8. The predicted molar refractivity (Wildman–Crippen MR) is 190 cm³/mol. The average molecular weight is 609 g/mol. The molecule has 43 heavy (non-hydrogen) atoms. The fraction of sp³-hybridized carbons (Fsp3) is 0.975. The van der Waals surface area contributed by atoms with E-state index in [1.54, 1.807) is 0 Å². The van der Waals surface area contributed by atoms with Crippen LogP contribution in [0.2, 0.25) is 0 Å². The summed E-state index contributed by atoms with van der Waals surface area (Å²) in [6.45, 7) is 20.6. The summed E-state index contributed by atoms with van der Waals surface area (Å²) in [4.78, 5) is 11.2. The Morgan fingerprint density at radius 3 is 1.12 bits per heavy atom. The number of carbonyl (C=O) groups is 1. The fourth-order valence-electron chi connectivity index (χ4n) is 8.16. The van der Waals surface area contributed by atoms with E-state index in [4.69, 9.17) is 0 Å². The Kier molecular flexibility index (Phi) is 26.3. The summed E-state index contributed by atoms with van der Waals surface area (Å²) in [6, 6.07) is 0. The molecule has 0 heterocycles. The van der Waals surface area contributed by atoms with Crippen molar-refractivity contribution >= 4 is 5.97 Å². The summed E-state index contributed by atoms with van der Waals surface area (Å²) in [5, 5.41) is 20.0. The second-order valence-corrected chi connectivity index (χ2v) is 16.1. The van der Waals surface area contributed by atoms with Gasteiger partial charge in [-0.3, -0.25) is 4.79 Å². The van der Waals surface area contributed by atoms with Gasteiger partial charge in [0.05, 0.1) is 12.0 Å². The molecule has 0 bridgehead atoms. The molecule has 3 nitrogen and oxygen atoms in total. The van der Waals surface area contributed by atoms with Crippen LogP contribution < -0.4 is 0 Å². The number of hydrogen-bond donors (Lipinski definition) is 2. The minimum atomic E-state index is -0.666. The lowest BCUT2D eigenvalue weighted by Crippen LogP contribution is -2.21. The van der Waals surface area contributed by atoms with E-state index in [0.29, 0.717) is 23.7 Å². The molecule has 0 aromatic heterocycles. The molecular formula is C40H80O3. The lowest BCUT2D eigenvalue weighted by atomic mass is 9.80. The summed E-state index contributed by atoms with van der Waals surface area (Å²) in [5.74, 6) is 3.50. The molecule has 0 radical (unpaired) electrons. The van der Waals surface area contributed by atoms with Gasteiger partial charge in [-0.15, -0.1) is 0 Å². The number of aliphatic hydroxyl groups excluding tert-OH is 1. The number of carboxylic acid groups (broad SMARTS) is 1. The molecule has 0 spiro atoms.